The number of hydrogen-bond acceptors (Lipinski definition) is 5. The van der Waals surface area contributed by atoms with E-state index in [-0.39, 0.29) is 5.11 Å². The number of hydrazone groups is 1. The van der Waals surface area contributed by atoms with Crippen LogP contribution in [0.25, 0.3) is 10.2 Å². The highest BCUT2D eigenvalue weighted by Gasteiger charge is 2.08. The molecular formula is C16H14N4S3. The number of rotatable bonds is 5. The number of para-hydroxylation sites is 1. The quantitative estimate of drug-likeness (QED) is 0.316. The summed E-state index contributed by atoms with van der Waals surface area (Å²) in [5, 5.41) is 4.47. The zero-order valence-corrected chi connectivity index (χ0v) is 14.5. The van der Waals surface area contributed by atoms with Crippen LogP contribution < -0.4 is 11.2 Å². The summed E-state index contributed by atoms with van der Waals surface area (Å²) in [5.41, 5.74) is 11.1. The zero-order valence-electron chi connectivity index (χ0n) is 12.1. The number of thiocarbonyl (C=S) groups is 1. The van der Waals surface area contributed by atoms with Crippen molar-refractivity contribution >= 4 is 56.4 Å². The van der Waals surface area contributed by atoms with Crippen LogP contribution in [0.1, 0.15) is 5.56 Å². The second kappa shape index (κ2) is 7.54. The number of fused-ring (bicyclic) bond motifs is 1. The van der Waals surface area contributed by atoms with Crippen molar-refractivity contribution in [2.75, 3.05) is 5.75 Å². The lowest BCUT2D eigenvalue weighted by Gasteiger charge is -2.06. The minimum atomic E-state index is 0.156. The number of aromatic nitrogens is 1. The third-order valence-electron chi connectivity index (χ3n) is 3.01. The third-order valence-corrected chi connectivity index (χ3v) is 5.30. The van der Waals surface area contributed by atoms with Gasteiger partial charge in [0.05, 0.1) is 15.9 Å². The van der Waals surface area contributed by atoms with E-state index < -0.39 is 0 Å². The minimum absolute atomic E-state index is 0.156. The molecule has 3 aromatic rings. The molecule has 0 unspecified atom stereocenters. The summed E-state index contributed by atoms with van der Waals surface area (Å²) < 4.78 is 2.21. The second-order valence-corrected chi connectivity index (χ2v) is 7.33. The molecule has 0 aliphatic carbocycles. The van der Waals surface area contributed by atoms with Crippen LogP contribution in [0.4, 0.5) is 0 Å². The maximum absolute atomic E-state index is 5.47. The summed E-state index contributed by atoms with van der Waals surface area (Å²) in [7, 11) is 0. The van der Waals surface area contributed by atoms with Gasteiger partial charge in [0.2, 0.25) is 0 Å². The van der Waals surface area contributed by atoms with Crippen molar-refractivity contribution in [1.29, 1.82) is 0 Å². The summed E-state index contributed by atoms with van der Waals surface area (Å²) in [6.45, 7) is 0. The van der Waals surface area contributed by atoms with Gasteiger partial charge in [0.25, 0.3) is 0 Å². The standard InChI is InChI=1S/C16H14N4S3/c17-15(21)20-19-13(11-6-2-1-3-7-11)10-22-16-18-12-8-4-5-9-14(12)23-16/h1-9H,10H2,(H3,17,20,21)/b19-13-. The van der Waals surface area contributed by atoms with Crippen molar-refractivity contribution in [3.63, 3.8) is 0 Å². The van der Waals surface area contributed by atoms with Crippen LogP contribution in [-0.4, -0.2) is 21.6 Å². The van der Waals surface area contributed by atoms with E-state index in [0.29, 0.717) is 5.75 Å². The van der Waals surface area contributed by atoms with Gasteiger partial charge in [0.15, 0.2) is 9.45 Å². The van der Waals surface area contributed by atoms with Crippen molar-refractivity contribution < 1.29 is 0 Å². The number of benzene rings is 2. The highest BCUT2D eigenvalue weighted by molar-refractivity contribution is 8.01. The number of nitrogens with one attached hydrogen (secondary N) is 1. The maximum Gasteiger partial charge on any atom is 0.184 e. The first-order valence-electron chi connectivity index (χ1n) is 6.88. The summed E-state index contributed by atoms with van der Waals surface area (Å²) in [6.07, 6.45) is 0. The lowest BCUT2D eigenvalue weighted by molar-refractivity contribution is 1.03. The molecule has 0 aliphatic heterocycles. The van der Waals surface area contributed by atoms with Crippen molar-refractivity contribution in [2.45, 2.75) is 4.34 Å². The topological polar surface area (TPSA) is 63.3 Å². The molecule has 1 heterocycles. The van der Waals surface area contributed by atoms with Crippen LogP contribution in [-0.2, 0) is 0 Å². The Balaban J connectivity index is 1.78. The largest absolute Gasteiger partial charge is 0.375 e. The smallest absolute Gasteiger partial charge is 0.184 e. The van der Waals surface area contributed by atoms with Gasteiger partial charge in [0.1, 0.15) is 0 Å². The molecule has 23 heavy (non-hydrogen) atoms. The SMILES string of the molecule is NC(=S)N/N=C(/CSc1nc2ccccc2s1)c1ccccc1. The molecular weight excluding hydrogens is 344 g/mol. The Bertz CT molecular complexity index is 810. The predicted octanol–water partition coefficient (Wildman–Crippen LogP) is 3.63. The van der Waals surface area contributed by atoms with Gasteiger partial charge in [-0.25, -0.2) is 4.98 Å². The second-order valence-electron chi connectivity index (χ2n) is 4.64. The van der Waals surface area contributed by atoms with Crippen LogP contribution in [0.5, 0.6) is 0 Å². The zero-order chi connectivity index (χ0) is 16.1. The fourth-order valence-corrected chi connectivity index (χ4v) is 4.05. The highest BCUT2D eigenvalue weighted by Crippen LogP contribution is 2.29. The van der Waals surface area contributed by atoms with Gasteiger partial charge in [-0.15, -0.1) is 11.3 Å². The summed E-state index contributed by atoms with van der Waals surface area (Å²) in [4.78, 5) is 4.63. The fraction of sp³-hybridized carbons (Fsp3) is 0.0625. The van der Waals surface area contributed by atoms with Crippen LogP contribution in [0.15, 0.2) is 64.0 Å². The Labute approximate surface area is 147 Å². The van der Waals surface area contributed by atoms with E-state index >= 15 is 0 Å². The average Bonchev–Trinajstić information content (AvgIpc) is 2.98. The van der Waals surface area contributed by atoms with E-state index in [1.807, 2.05) is 48.5 Å². The van der Waals surface area contributed by atoms with Crippen molar-refractivity contribution in [1.82, 2.24) is 10.4 Å². The molecule has 0 saturated carbocycles. The summed E-state index contributed by atoms with van der Waals surface area (Å²) in [6, 6.07) is 18.1. The predicted molar refractivity (Wildman–Crippen MR) is 103 cm³/mol. The lowest BCUT2D eigenvalue weighted by Crippen LogP contribution is -2.26. The van der Waals surface area contributed by atoms with Gasteiger partial charge < -0.3 is 5.73 Å². The molecule has 3 rings (SSSR count). The molecule has 0 atom stereocenters. The van der Waals surface area contributed by atoms with Crippen LogP contribution >= 0.6 is 35.3 Å². The first-order valence-corrected chi connectivity index (χ1v) is 9.09. The van der Waals surface area contributed by atoms with Crippen LogP contribution in [0.3, 0.4) is 0 Å². The molecule has 0 fully saturated rings. The number of hydrogen-bond donors (Lipinski definition) is 2. The molecule has 4 nitrogen and oxygen atoms in total. The fourth-order valence-electron chi connectivity index (χ4n) is 1.98. The normalized spacial score (nSPS) is 11.6. The average molecular weight is 359 g/mol. The van der Waals surface area contributed by atoms with Gasteiger partial charge >= 0.3 is 0 Å². The van der Waals surface area contributed by atoms with Gasteiger partial charge in [0, 0.05) is 5.75 Å². The molecule has 0 aliphatic rings. The molecule has 0 saturated heterocycles. The Kier molecular flexibility index (Phi) is 5.22. The van der Waals surface area contributed by atoms with Gasteiger partial charge in [-0.2, -0.15) is 5.10 Å². The van der Waals surface area contributed by atoms with Crippen LogP contribution in [0.2, 0.25) is 0 Å². The minimum Gasteiger partial charge on any atom is -0.375 e. The van der Waals surface area contributed by atoms with Gasteiger partial charge in [-0.1, -0.05) is 54.2 Å². The maximum atomic E-state index is 5.47. The third kappa shape index (κ3) is 4.28. The Morgan fingerprint density at radius 3 is 2.65 bits per heavy atom. The van der Waals surface area contributed by atoms with Gasteiger partial charge in [-0.3, -0.25) is 5.43 Å². The molecule has 3 N–H and O–H groups in total. The van der Waals surface area contributed by atoms with Crippen molar-refractivity contribution in [2.24, 2.45) is 10.8 Å². The van der Waals surface area contributed by atoms with Gasteiger partial charge in [-0.05, 0) is 29.9 Å². The Morgan fingerprint density at radius 2 is 1.91 bits per heavy atom. The monoisotopic (exact) mass is 358 g/mol. The first-order chi connectivity index (χ1) is 11.2. The lowest BCUT2D eigenvalue weighted by atomic mass is 10.1. The van der Waals surface area contributed by atoms with Crippen molar-refractivity contribution in [3.05, 3.63) is 60.2 Å². The number of nitrogens with zero attached hydrogens (tertiary/aromatic N) is 2. The summed E-state index contributed by atoms with van der Waals surface area (Å²) >= 11 is 8.17. The van der Waals surface area contributed by atoms with E-state index in [0.717, 1.165) is 21.1 Å². The number of thiazole rings is 1. The van der Waals surface area contributed by atoms with Crippen molar-refractivity contribution in [3.8, 4) is 0 Å². The Morgan fingerprint density at radius 1 is 1.17 bits per heavy atom. The summed E-state index contributed by atoms with van der Waals surface area (Å²) in [5.74, 6) is 0.680. The van der Waals surface area contributed by atoms with E-state index in [4.69, 9.17) is 18.0 Å². The Hall–Kier alpha value is -1.96. The van der Waals surface area contributed by atoms with E-state index in [1.165, 1.54) is 4.70 Å². The molecule has 2 aromatic carbocycles. The molecule has 0 spiro atoms. The molecule has 0 radical (unpaired) electrons. The molecule has 1 aromatic heterocycles. The number of nitrogens with two attached hydrogens (primary N) is 1. The van der Waals surface area contributed by atoms with E-state index in [9.17, 15) is 0 Å². The van der Waals surface area contributed by atoms with Crippen LogP contribution in [0, 0.1) is 0 Å². The molecule has 0 bridgehead atoms. The first kappa shape index (κ1) is 15.9. The molecule has 0 amide bonds. The molecule has 7 heteroatoms. The molecule has 116 valence electrons. The highest BCUT2D eigenvalue weighted by atomic mass is 32.2. The van der Waals surface area contributed by atoms with E-state index in [2.05, 4.69) is 21.6 Å². The number of thioether (sulfide) groups is 1. The van der Waals surface area contributed by atoms with E-state index in [1.54, 1.807) is 23.1 Å².